The minimum atomic E-state index is -0.477. The molecule has 0 aromatic carbocycles. The number of pyridine rings is 1. The lowest BCUT2D eigenvalue weighted by Gasteiger charge is -2.33. The monoisotopic (exact) mass is 417 g/mol. The molecule has 2 aromatic heterocycles. The summed E-state index contributed by atoms with van der Waals surface area (Å²) in [7, 11) is 0. The number of carbonyl (C=O) groups is 1. The molecule has 1 amide bonds. The first-order valence-corrected chi connectivity index (χ1v) is 8.49. The fourth-order valence-electron chi connectivity index (χ4n) is 2.95. The Morgan fingerprint density at radius 2 is 2.42 bits per heavy atom. The second kappa shape index (κ2) is 8.04. The van der Waals surface area contributed by atoms with E-state index in [-0.39, 0.29) is 18.4 Å². The minimum Gasteiger partial charge on any atom is -0.450 e. The number of amides is 1. The number of carbonyl (C=O) groups excluding carboxylic acids is 1. The highest BCUT2D eigenvalue weighted by Crippen LogP contribution is 2.38. The van der Waals surface area contributed by atoms with Gasteiger partial charge in [-0.15, -0.1) is 12.4 Å². The summed E-state index contributed by atoms with van der Waals surface area (Å²) in [6, 6.07) is 0.152. The zero-order chi connectivity index (χ0) is 16.4. The molecule has 0 bridgehead atoms. The highest BCUT2D eigenvalue weighted by atomic mass is 79.9. The number of piperidine rings is 1. The maximum atomic E-state index is 11.8. The zero-order valence-corrected chi connectivity index (χ0v) is 15.7. The Morgan fingerprint density at radius 3 is 3.12 bits per heavy atom. The molecule has 7 nitrogen and oxygen atoms in total. The van der Waals surface area contributed by atoms with E-state index in [4.69, 9.17) is 10.5 Å². The molecule has 24 heavy (non-hydrogen) atoms. The number of ether oxygens (including phenoxy) is 1. The lowest BCUT2D eigenvalue weighted by Crippen LogP contribution is -2.43. The van der Waals surface area contributed by atoms with E-state index in [2.05, 4.69) is 36.1 Å². The zero-order valence-electron chi connectivity index (χ0n) is 13.3. The molecular formula is C15H21BrClN5O2. The van der Waals surface area contributed by atoms with Crippen molar-refractivity contribution in [3.8, 4) is 0 Å². The lowest BCUT2D eigenvalue weighted by atomic mass is 10.1. The van der Waals surface area contributed by atoms with Gasteiger partial charge in [0.15, 0.2) is 0 Å². The first kappa shape index (κ1) is 18.8. The molecule has 132 valence electrons. The number of halogens is 2. The summed E-state index contributed by atoms with van der Waals surface area (Å²) < 4.78 is 5.85. The van der Waals surface area contributed by atoms with Crippen molar-refractivity contribution < 1.29 is 9.53 Å². The molecule has 0 unspecified atom stereocenters. The topological polar surface area (TPSA) is 96.3 Å². The summed E-state index contributed by atoms with van der Waals surface area (Å²) in [5.74, 6) is 0. The molecule has 0 spiro atoms. The van der Waals surface area contributed by atoms with Crippen LogP contribution in [-0.2, 0) is 4.74 Å². The molecular weight excluding hydrogens is 398 g/mol. The molecule has 9 heteroatoms. The summed E-state index contributed by atoms with van der Waals surface area (Å²) in [5.41, 5.74) is 8.49. The van der Waals surface area contributed by atoms with Crippen LogP contribution in [0, 0.1) is 0 Å². The Kier molecular flexibility index (Phi) is 6.31. The largest absolute Gasteiger partial charge is 0.450 e. The van der Waals surface area contributed by atoms with Crippen LogP contribution >= 0.6 is 28.3 Å². The highest BCUT2D eigenvalue weighted by Gasteiger charge is 2.23. The number of H-pyrrole nitrogens is 1. The van der Waals surface area contributed by atoms with Crippen LogP contribution in [0.1, 0.15) is 19.8 Å². The van der Waals surface area contributed by atoms with E-state index in [0.717, 1.165) is 41.5 Å². The molecule has 1 atom stereocenters. The van der Waals surface area contributed by atoms with E-state index in [1.54, 1.807) is 19.3 Å². The number of nitrogens with zero attached hydrogens (tertiary/aromatic N) is 2. The maximum Gasteiger partial charge on any atom is 0.411 e. The smallest absolute Gasteiger partial charge is 0.411 e. The third-order valence-corrected chi connectivity index (χ3v) is 4.50. The molecule has 0 aliphatic carbocycles. The summed E-state index contributed by atoms with van der Waals surface area (Å²) in [6.07, 6.45) is 5.10. The van der Waals surface area contributed by atoms with Gasteiger partial charge >= 0.3 is 6.09 Å². The highest BCUT2D eigenvalue weighted by molar-refractivity contribution is 9.10. The third kappa shape index (κ3) is 3.76. The number of nitrogens with one attached hydrogen (secondary N) is 2. The Hall–Kier alpha value is -1.51. The molecule has 1 saturated heterocycles. The summed E-state index contributed by atoms with van der Waals surface area (Å²) in [4.78, 5) is 21.5. The lowest BCUT2D eigenvalue weighted by molar-refractivity contribution is 0.168. The quantitative estimate of drug-likeness (QED) is 0.711. The van der Waals surface area contributed by atoms with Gasteiger partial charge in [-0.05, 0) is 35.7 Å². The van der Waals surface area contributed by atoms with Crippen molar-refractivity contribution in [2.45, 2.75) is 25.8 Å². The first-order valence-electron chi connectivity index (χ1n) is 7.70. The first-order chi connectivity index (χ1) is 11.1. The van der Waals surface area contributed by atoms with E-state index >= 15 is 0 Å². The summed E-state index contributed by atoms with van der Waals surface area (Å²) in [5, 5.41) is 3.64. The standard InChI is InChI=1S/C15H20BrN5O2.ClH/c1-2-23-15(22)20-11-7-19-14-12(11)13(10(16)6-18-14)21-5-3-4-9(17)8-21;/h6-7,9H,2-5,8,17H2,1H3,(H,18,19)(H,20,22);1H/t9-;/m1./s1. The van der Waals surface area contributed by atoms with E-state index < -0.39 is 6.09 Å². The van der Waals surface area contributed by atoms with Gasteiger partial charge in [-0.3, -0.25) is 5.32 Å². The number of aromatic nitrogens is 2. The maximum absolute atomic E-state index is 11.8. The van der Waals surface area contributed by atoms with Crippen LogP contribution in [0.25, 0.3) is 11.0 Å². The third-order valence-electron chi connectivity index (χ3n) is 3.92. The predicted molar refractivity (Wildman–Crippen MR) is 101 cm³/mol. The van der Waals surface area contributed by atoms with E-state index in [9.17, 15) is 4.79 Å². The fraction of sp³-hybridized carbons (Fsp3) is 0.467. The molecule has 3 rings (SSSR count). The molecule has 4 N–H and O–H groups in total. The molecule has 2 aromatic rings. The van der Waals surface area contributed by atoms with Crippen molar-refractivity contribution in [2.24, 2.45) is 5.73 Å². The van der Waals surface area contributed by atoms with Gasteiger partial charge < -0.3 is 20.4 Å². The number of aromatic amines is 1. The van der Waals surface area contributed by atoms with Crippen LogP contribution in [0.15, 0.2) is 16.9 Å². The van der Waals surface area contributed by atoms with Crippen LogP contribution in [0.4, 0.5) is 16.2 Å². The van der Waals surface area contributed by atoms with Crippen LogP contribution in [0.2, 0.25) is 0 Å². The number of hydrogen-bond donors (Lipinski definition) is 3. The number of rotatable bonds is 3. The van der Waals surface area contributed by atoms with Crippen molar-refractivity contribution in [1.29, 1.82) is 0 Å². The van der Waals surface area contributed by atoms with Crippen molar-refractivity contribution in [1.82, 2.24) is 9.97 Å². The molecule has 0 saturated carbocycles. The Morgan fingerprint density at radius 1 is 1.62 bits per heavy atom. The number of hydrogen-bond acceptors (Lipinski definition) is 5. The Balaban J connectivity index is 0.00000208. The molecule has 0 radical (unpaired) electrons. The van der Waals surface area contributed by atoms with E-state index in [1.165, 1.54) is 0 Å². The predicted octanol–water partition coefficient (Wildman–Crippen LogP) is 3.24. The van der Waals surface area contributed by atoms with Gasteiger partial charge in [-0.1, -0.05) is 0 Å². The van der Waals surface area contributed by atoms with Crippen molar-refractivity contribution in [2.75, 3.05) is 29.9 Å². The van der Waals surface area contributed by atoms with Crippen LogP contribution < -0.4 is 16.0 Å². The van der Waals surface area contributed by atoms with Crippen LogP contribution in [-0.4, -0.2) is 41.8 Å². The van der Waals surface area contributed by atoms with Crippen LogP contribution in [0.3, 0.4) is 0 Å². The molecule has 3 heterocycles. The molecule has 1 fully saturated rings. The number of nitrogens with two attached hydrogens (primary N) is 1. The molecule has 1 aliphatic heterocycles. The van der Waals surface area contributed by atoms with Gasteiger partial charge in [0.2, 0.25) is 0 Å². The van der Waals surface area contributed by atoms with E-state index in [0.29, 0.717) is 17.9 Å². The summed E-state index contributed by atoms with van der Waals surface area (Å²) in [6.45, 7) is 3.80. The average molecular weight is 419 g/mol. The molecule has 1 aliphatic rings. The second-order valence-corrected chi connectivity index (χ2v) is 6.43. The van der Waals surface area contributed by atoms with Gasteiger partial charge in [0.1, 0.15) is 5.65 Å². The van der Waals surface area contributed by atoms with Crippen molar-refractivity contribution >= 4 is 56.8 Å². The fourth-order valence-corrected chi connectivity index (χ4v) is 3.51. The minimum absolute atomic E-state index is 0. The van der Waals surface area contributed by atoms with Gasteiger partial charge in [-0.2, -0.15) is 0 Å². The Bertz CT molecular complexity index is 723. The van der Waals surface area contributed by atoms with Crippen molar-refractivity contribution in [3.05, 3.63) is 16.9 Å². The van der Waals surface area contributed by atoms with Crippen LogP contribution in [0.5, 0.6) is 0 Å². The van der Waals surface area contributed by atoms with Gasteiger partial charge in [-0.25, -0.2) is 9.78 Å². The SMILES string of the molecule is CCOC(=O)Nc1c[nH]c2ncc(Br)c(N3CCC[C@@H](N)C3)c12.Cl. The van der Waals surface area contributed by atoms with Gasteiger partial charge in [0.25, 0.3) is 0 Å². The summed E-state index contributed by atoms with van der Waals surface area (Å²) >= 11 is 3.59. The number of fused-ring (bicyclic) bond motifs is 1. The Labute approximate surface area is 154 Å². The van der Waals surface area contributed by atoms with Gasteiger partial charge in [0.05, 0.1) is 27.8 Å². The van der Waals surface area contributed by atoms with Crippen molar-refractivity contribution in [3.63, 3.8) is 0 Å². The van der Waals surface area contributed by atoms with Gasteiger partial charge in [0, 0.05) is 31.5 Å². The normalized spacial score (nSPS) is 17.5. The average Bonchev–Trinajstić information content (AvgIpc) is 2.90. The second-order valence-electron chi connectivity index (χ2n) is 5.57. The van der Waals surface area contributed by atoms with E-state index in [1.807, 2.05) is 0 Å². The number of anilines is 2.